The molecule has 1 fully saturated rings. The van der Waals surface area contributed by atoms with E-state index in [1.807, 2.05) is 0 Å². The Hall–Kier alpha value is -1.20. The summed E-state index contributed by atoms with van der Waals surface area (Å²) >= 11 is 0. The Morgan fingerprint density at radius 3 is 2.50 bits per heavy atom. The van der Waals surface area contributed by atoms with Crippen molar-refractivity contribution in [2.75, 3.05) is 19.6 Å². The minimum absolute atomic E-state index is 0. The van der Waals surface area contributed by atoms with Crippen molar-refractivity contribution < 1.29 is 13.6 Å². The van der Waals surface area contributed by atoms with Crippen LogP contribution in [-0.4, -0.2) is 25.5 Å². The van der Waals surface area contributed by atoms with Gasteiger partial charge in [0.2, 0.25) is 5.91 Å². The number of hydrogen-bond acceptors (Lipinski definition) is 2. The fourth-order valence-corrected chi connectivity index (χ4v) is 1.87. The van der Waals surface area contributed by atoms with E-state index in [1.165, 1.54) is 31.0 Å². The zero-order chi connectivity index (χ0) is 13.7. The third-order valence-corrected chi connectivity index (χ3v) is 3.17. The van der Waals surface area contributed by atoms with E-state index in [1.54, 1.807) is 0 Å². The topological polar surface area (TPSA) is 41.1 Å². The van der Waals surface area contributed by atoms with Crippen LogP contribution in [0.1, 0.15) is 18.4 Å². The lowest BCUT2D eigenvalue weighted by atomic mass is 10.1. The highest BCUT2D eigenvalue weighted by molar-refractivity contribution is 5.85. The summed E-state index contributed by atoms with van der Waals surface area (Å²) in [7, 11) is 0. The number of rotatable bonds is 7. The second-order valence-corrected chi connectivity index (χ2v) is 4.87. The zero-order valence-corrected chi connectivity index (χ0v) is 11.9. The van der Waals surface area contributed by atoms with Gasteiger partial charge in [-0.15, -0.1) is 12.4 Å². The van der Waals surface area contributed by atoms with Crippen molar-refractivity contribution in [3.63, 3.8) is 0 Å². The Balaban J connectivity index is 0.00000200. The summed E-state index contributed by atoms with van der Waals surface area (Å²) in [6, 6.07) is 3.77. The van der Waals surface area contributed by atoms with Crippen LogP contribution >= 0.6 is 12.4 Å². The predicted molar refractivity (Wildman–Crippen MR) is 75.9 cm³/mol. The van der Waals surface area contributed by atoms with Crippen LogP contribution in [0.15, 0.2) is 18.2 Å². The van der Waals surface area contributed by atoms with Gasteiger partial charge in [0.1, 0.15) is 11.6 Å². The molecule has 1 aliphatic rings. The molecule has 0 aliphatic heterocycles. The Labute approximate surface area is 123 Å². The summed E-state index contributed by atoms with van der Waals surface area (Å²) in [5.74, 6) is -0.556. The van der Waals surface area contributed by atoms with Crippen molar-refractivity contribution in [2.24, 2.45) is 5.92 Å². The second-order valence-electron chi connectivity index (χ2n) is 4.87. The average molecular weight is 305 g/mol. The van der Waals surface area contributed by atoms with E-state index >= 15 is 0 Å². The molecule has 112 valence electrons. The summed E-state index contributed by atoms with van der Waals surface area (Å²) in [5.41, 5.74) is 0.0220. The summed E-state index contributed by atoms with van der Waals surface area (Å²) in [5, 5.41) is 5.70. The molecule has 2 rings (SSSR count). The smallest absolute Gasteiger partial charge is 0.233 e. The SMILES string of the molecule is Cl.O=C(CNCC1CC1)NCCc1c(F)cccc1F. The Kier molecular flexibility index (Phi) is 6.88. The number of amides is 1. The number of carbonyl (C=O) groups is 1. The van der Waals surface area contributed by atoms with E-state index in [0.717, 1.165) is 12.5 Å². The van der Waals surface area contributed by atoms with E-state index in [2.05, 4.69) is 10.6 Å². The van der Waals surface area contributed by atoms with Gasteiger partial charge < -0.3 is 10.6 Å². The van der Waals surface area contributed by atoms with Crippen LogP contribution in [0.5, 0.6) is 0 Å². The van der Waals surface area contributed by atoms with Crippen molar-refractivity contribution in [3.05, 3.63) is 35.4 Å². The first-order chi connectivity index (χ1) is 9.16. The van der Waals surface area contributed by atoms with Gasteiger partial charge >= 0.3 is 0 Å². The zero-order valence-electron chi connectivity index (χ0n) is 11.1. The molecule has 0 aromatic heterocycles. The molecule has 1 aromatic rings. The van der Waals surface area contributed by atoms with Crippen molar-refractivity contribution in [2.45, 2.75) is 19.3 Å². The van der Waals surface area contributed by atoms with Gasteiger partial charge in [0.15, 0.2) is 0 Å². The van der Waals surface area contributed by atoms with Gasteiger partial charge in [0.25, 0.3) is 0 Å². The predicted octanol–water partition coefficient (Wildman–Crippen LogP) is 2.04. The van der Waals surface area contributed by atoms with E-state index in [0.29, 0.717) is 0 Å². The molecule has 2 N–H and O–H groups in total. The van der Waals surface area contributed by atoms with Crippen LogP contribution in [0.4, 0.5) is 8.78 Å². The molecular formula is C14H19ClF2N2O. The van der Waals surface area contributed by atoms with Crippen LogP contribution < -0.4 is 10.6 Å². The maximum absolute atomic E-state index is 13.3. The van der Waals surface area contributed by atoms with Crippen LogP contribution in [0.25, 0.3) is 0 Å². The Bertz CT molecular complexity index is 433. The van der Waals surface area contributed by atoms with Crippen LogP contribution in [0.2, 0.25) is 0 Å². The normalized spacial score (nSPS) is 13.7. The van der Waals surface area contributed by atoms with Crippen LogP contribution in [0.3, 0.4) is 0 Å². The minimum atomic E-state index is -0.568. The van der Waals surface area contributed by atoms with Gasteiger partial charge in [-0.3, -0.25) is 4.79 Å². The van der Waals surface area contributed by atoms with E-state index in [9.17, 15) is 13.6 Å². The van der Waals surface area contributed by atoms with Gasteiger partial charge in [-0.05, 0) is 43.9 Å². The van der Waals surface area contributed by atoms with Crippen molar-refractivity contribution in [1.29, 1.82) is 0 Å². The molecule has 0 unspecified atom stereocenters. The maximum Gasteiger partial charge on any atom is 0.233 e. The third kappa shape index (κ3) is 5.43. The molecular weight excluding hydrogens is 286 g/mol. The molecule has 0 radical (unpaired) electrons. The number of benzene rings is 1. The molecule has 0 heterocycles. The molecule has 0 spiro atoms. The molecule has 1 aliphatic carbocycles. The first kappa shape index (κ1) is 16.9. The van der Waals surface area contributed by atoms with Gasteiger partial charge in [-0.1, -0.05) is 6.07 Å². The summed E-state index contributed by atoms with van der Waals surface area (Å²) in [6.45, 7) is 1.37. The lowest BCUT2D eigenvalue weighted by Crippen LogP contribution is -2.35. The molecule has 1 aromatic carbocycles. The van der Waals surface area contributed by atoms with Crippen molar-refractivity contribution in [1.82, 2.24) is 10.6 Å². The van der Waals surface area contributed by atoms with Crippen molar-refractivity contribution >= 4 is 18.3 Å². The van der Waals surface area contributed by atoms with E-state index in [-0.39, 0.29) is 43.4 Å². The van der Waals surface area contributed by atoms with Crippen molar-refractivity contribution in [3.8, 4) is 0 Å². The number of nitrogens with one attached hydrogen (secondary N) is 2. The molecule has 6 heteroatoms. The first-order valence-corrected chi connectivity index (χ1v) is 6.57. The molecule has 3 nitrogen and oxygen atoms in total. The lowest BCUT2D eigenvalue weighted by Gasteiger charge is -2.07. The first-order valence-electron chi connectivity index (χ1n) is 6.57. The molecule has 0 atom stereocenters. The third-order valence-electron chi connectivity index (χ3n) is 3.17. The molecule has 0 saturated heterocycles. The van der Waals surface area contributed by atoms with Gasteiger partial charge in [0.05, 0.1) is 6.54 Å². The van der Waals surface area contributed by atoms with Crippen LogP contribution in [-0.2, 0) is 11.2 Å². The highest BCUT2D eigenvalue weighted by Crippen LogP contribution is 2.27. The molecule has 1 amide bonds. The minimum Gasteiger partial charge on any atom is -0.355 e. The monoisotopic (exact) mass is 304 g/mol. The molecule has 0 bridgehead atoms. The number of halogens is 3. The highest BCUT2D eigenvalue weighted by Gasteiger charge is 2.20. The summed E-state index contributed by atoms with van der Waals surface area (Å²) in [6.07, 6.45) is 2.63. The number of hydrogen-bond donors (Lipinski definition) is 2. The quantitative estimate of drug-likeness (QED) is 0.809. The van der Waals surface area contributed by atoms with E-state index < -0.39 is 11.6 Å². The summed E-state index contributed by atoms with van der Waals surface area (Å²) in [4.78, 5) is 11.4. The Morgan fingerprint density at radius 2 is 1.90 bits per heavy atom. The van der Waals surface area contributed by atoms with Gasteiger partial charge in [0, 0.05) is 12.1 Å². The second kappa shape index (κ2) is 8.17. The standard InChI is InChI=1S/C14H18F2N2O.ClH/c15-12-2-1-3-13(16)11(12)6-7-18-14(19)9-17-8-10-4-5-10;/h1-3,10,17H,4-9H2,(H,18,19);1H. The summed E-state index contributed by atoms with van der Waals surface area (Å²) < 4.78 is 26.6. The largest absolute Gasteiger partial charge is 0.355 e. The van der Waals surface area contributed by atoms with Crippen LogP contribution in [0, 0.1) is 17.6 Å². The fourth-order valence-electron chi connectivity index (χ4n) is 1.87. The van der Waals surface area contributed by atoms with Gasteiger partial charge in [-0.25, -0.2) is 8.78 Å². The molecule has 20 heavy (non-hydrogen) atoms. The highest BCUT2D eigenvalue weighted by atomic mass is 35.5. The fraction of sp³-hybridized carbons (Fsp3) is 0.500. The van der Waals surface area contributed by atoms with Gasteiger partial charge in [-0.2, -0.15) is 0 Å². The Morgan fingerprint density at radius 1 is 1.25 bits per heavy atom. The molecule has 1 saturated carbocycles. The lowest BCUT2D eigenvalue weighted by molar-refractivity contribution is -0.120. The maximum atomic E-state index is 13.3. The number of carbonyl (C=O) groups excluding carboxylic acids is 1. The van der Waals surface area contributed by atoms with E-state index in [4.69, 9.17) is 0 Å². The average Bonchev–Trinajstić information content (AvgIpc) is 3.17.